The van der Waals surface area contributed by atoms with Crippen molar-refractivity contribution in [2.45, 2.75) is 20.8 Å². The molecule has 0 radical (unpaired) electrons. The number of carbonyl (C=O) groups excluding carboxylic acids is 1. The number of para-hydroxylation sites is 1. The van der Waals surface area contributed by atoms with E-state index in [1.165, 1.54) is 12.1 Å². The van der Waals surface area contributed by atoms with E-state index in [2.05, 4.69) is 15.8 Å². The second-order valence-electron chi connectivity index (χ2n) is 6.27. The molecule has 0 aromatic heterocycles. The molecule has 0 bridgehead atoms. The van der Waals surface area contributed by atoms with E-state index in [4.69, 9.17) is 11.6 Å². The summed E-state index contributed by atoms with van der Waals surface area (Å²) in [5.74, 6) is -0.541. The number of rotatable bonds is 4. The molecule has 24 heavy (non-hydrogen) atoms. The standard InChI is InChI=1S/C18H19ClFN3O/c1-18(2,3)16(24)17(21-13-8-6-7-12(20)11-13)23-22-15-10-5-4-9-14(15)19/h4-11,22H,1-3H3,(H,21,23). The highest BCUT2D eigenvalue weighted by atomic mass is 35.5. The number of halogens is 2. The van der Waals surface area contributed by atoms with Gasteiger partial charge in [-0.05, 0) is 30.3 Å². The van der Waals surface area contributed by atoms with E-state index in [0.717, 1.165) is 0 Å². The fourth-order valence-corrected chi connectivity index (χ4v) is 2.04. The molecule has 2 aromatic carbocycles. The summed E-state index contributed by atoms with van der Waals surface area (Å²) in [6.45, 7) is 5.36. The number of ketones is 1. The van der Waals surface area contributed by atoms with Gasteiger partial charge in [-0.2, -0.15) is 5.10 Å². The number of hydrogen-bond donors (Lipinski definition) is 2. The molecule has 0 saturated heterocycles. The van der Waals surface area contributed by atoms with Gasteiger partial charge < -0.3 is 5.32 Å². The van der Waals surface area contributed by atoms with Crippen LogP contribution in [0.5, 0.6) is 0 Å². The highest BCUT2D eigenvalue weighted by Crippen LogP contribution is 2.21. The van der Waals surface area contributed by atoms with Crippen LogP contribution in [0.15, 0.2) is 53.6 Å². The number of benzene rings is 2. The molecule has 0 heterocycles. The van der Waals surface area contributed by atoms with E-state index >= 15 is 0 Å². The maximum absolute atomic E-state index is 13.4. The predicted octanol–water partition coefficient (Wildman–Crippen LogP) is 4.93. The SMILES string of the molecule is CC(C)(C)C(=O)/C(=N/Nc1ccccc1Cl)Nc1cccc(F)c1. The fourth-order valence-electron chi connectivity index (χ4n) is 1.86. The second kappa shape index (κ2) is 7.45. The van der Waals surface area contributed by atoms with Crippen LogP contribution in [-0.2, 0) is 4.79 Å². The second-order valence-corrected chi connectivity index (χ2v) is 6.67. The zero-order valence-electron chi connectivity index (χ0n) is 13.7. The topological polar surface area (TPSA) is 53.5 Å². The number of Topliss-reactive ketones (excluding diaryl/α,β-unsaturated/α-hetero) is 1. The van der Waals surface area contributed by atoms with Crippen molar-refractivity contribution < 1.29 is 9.18 Å². The van der Waals surface area contributed by atoms with Gasteiger partial charge in [0.25, 0.3) is 0 Å². The van der Waals surface area contributed by atoms with Crippen molar-refractivity contribution in [3.05, 3.63) is 59.4 Å². The van der Waals surface area contributed by atoms with Crippen molar-refractivity contribution in [3.63, 3.8) is 0 Å². The van der Waals surface area contributed by atoms with Gasteiger partial charge in [0.05, 0.1) is 10.7 Å². The van der Waals surface area contributed by atoms with Gasteiger partial charge in [0, 0.05) is 11.1 Å². The molecule has 2 N–H and O–H groups in total. The Morgan fingerprint density at radius 1 is 1.12 bits per heavy atom. The van der Waals surface area contributed by atoms with E-state index in [1.54, 1.807) is 57.2 Å². The maximum atomic E-state index is 13.4. The zero-order valence-corrected chi connectivity index (χ0v) is 14.5. The first-order valence-electron chi connectivity index (χ1n) is 7.43. The molecule has 0 fully saturated rings. The number of hydrogen-bond acceptors (Lipinski definition) is 3. The van der Waals surface area contributed by atoms with Crippen LogP contribution in [0.3, 0.4) is 0 Å². The Hall–Kier alpha value is -2.40. The van der Waals surface area contributed by atoms with Gasteiger partial charge in [-0.25, -0.2) is 4.39 Å². The minimum absolute atomic E-state index is 0.0769. The average molecular weight is 348 g/mol. The molecule has 0 spiro atoms. The van der Waals surface area contributed by atoms with E-state index in [0.29, 0.717) is 16.4 Å². The first-order chi connectivity index (χ1) is 11.3. The first kappa shape index (κ1) is 17.9. The Balaban J connectivity index is 2.30. The van der Waals surface area contributed by atoms with Gasteiger partial charge in [0.2, 0.25) is 5.78 Å². The summed E-state index contributed by atoms with van der Waals surface area (Å²) in [4.78, 5) is 12.6. The van der Waals surface area contributed by atoms with Crippen LogP contribution >= 0.6 is 11.6 Å². The average Bonchev–Trinajstić information content (AvgIpc) is 2.51. The Labute approximate surface area is 145 Å². The van der Waals surface area contributed by atoms with Crippen LogP contribution in [0.4, 0.5) is 15.8 Å². The lowest BCUT2D eigenvalue weighted by Crippen LogP contribution is -2.34. The molecule has 0 unspecified atom stereocenters. The third-order valence-electron chi connectivity index (χ3n) is 3.15. The molecule has 0 saturated carbocycles. The third-order valence-corrected chi connectivity index (χ3v) is 3.48. The van der Waals surface area contributed by atoms with Crippen LogP contribution in [0.2, 0.25) is 5.02 Å². The Bertz CT molecular complexity index is 769. The monoisotopic (exact) mass is 347 g/mol. The molecular formula is C18H19ClFN3O. The minimum Gasteiger partial charge on any atom is -0.336 e. The van der Waals surface area contributed by atoms with Crippen molar-refractivity contribution >= 4 is 34.6 Å². The summed E-state index contributed by atoms with van der Waals surface area (Å²) < 4.78 is 13.4. The van der Waals surface area contributed by atoms with Crippen LogP contribution in [0.1, 0.15) is 20.8 Å². The highest BCUT2D eigenvalue weighted by Gasteiger charge is 2.27. The summed E-state index contributed by atoms with van der Waals surface area (Å²) >= 11 is 6.07. The normalized spacial score (nSPS) is 12.0. The lowest BCUT2D eigenvalue weighted by molar-refractivity contribution is -0.119. The number of nitrogens with one attached hydrogen (secondary N) is 2. The summed E-state index contributed by atoms with van der Waals surface area (Å²) in [6, 6.07) is 12.9. The lowest BCUT2D eigenvalue weighted by atomic mass is 9.90. The Morgan fingerprint density at radius 3 is 2.46 bits per heavy atom. The number of hydrazone groups is 1. The van der Waals surface area contributed by atoms with Crippen LogP contribution in [0.25, 0.3) is 0 Å². The molecule has 6 heteroatoms. The van der Waals surface area contributed by atoms with E-state index < -0.39 is 11.2 Å². The molecular weight excluding hydrogens is 329 g/mol. The van der Waals surface area contributed by atoms with E-state index in [1.807, 2.05) is 0 Å². The van der Waals surface area contributed by atoms with E-state index in [-0.39, 0.29) is 11.6 Å². The summed E-state index contributed by atoms with van der Waals surface area (Å²) in [5, 5.41) is 7.50. The predicted molar refractivity (Wildman–Crippen MR) is 97.0 cm³/mol. The molecule has 126 valence electrons. The first-order valence-corrected chi connectivity index (χ1v) is 7.81. The Kier molecular flexibility index (Phi) is 5.57. The van der Waals surface area contributed by atoms with Gasteiger partial charge in [0.15, 0.2) is 5.84 Å². The molecule has 0 aliphatic carbocycles. The van der Waals surface area contributed by atoms with Crippen molar-refractivity contribution in [1.82, 2.24) is 0 Å². The largest absolute Gasteiger partial charge is 0.336 e. The number of anilines is 2. The minimum atomic E-state index is -0.651. The van der Waals surface area contributed by atoms with Gasteiger partial charge in [-0.1, -0.05) is 50.6 Å². The number of carbonyl (C=O) groups is 1. The van der Waals surface area contributed by atoms with E-state index in [9.17, 15) is 9.18 Å². The maximum Gasteiger partial charge on any atom is 0.205 e. The van der Waals surface area contributed by atoms with Gasteiger partial charge in [-0.3, -0.25) is 10.2 Å². The highest BCUT2D eigenvalue weighted by molar-refractivity contribution is 6.44. The summed E-state index contributed by atoms with van der Waals surface area (Å²) in [7, 11) is 0. The van der Waals surface area contributed by atoms with Crippen LogP contribution < -0.4 is 10.7 Å². The molecule has 2 aromatic rings. The quantitative estimate of drug-likeness (QED) is 0.468. The molecule has 2 rings (SSSR count). The Morgan fingerprint density at radius 2 is 1.83 bits per heavy atom. The van der Waals surface area contributed by atoms with Gasteiger partial charge >= 0.3 is 0 Å². The number of amidine groups is 1. The third kappa shape index (κ3) is 4.80. The van der Waals surface area contributed by atoms with Gasteiger partial charge in [0.1, 0.15) is 5.82 Å². The molecule has 0 aliphatic rings. The fraction of sp³-hybridized carbons (Fsp3) is 0.222. The summed E-state index contributed by atoms with van der Waals surface area (Å²) in [5.41, 5.74) is 3.13. The molecule has 0 amide bonds. The molecule has 0 atom stereocenters. The van der Waals surface area contributed by atoms with Crippen molar-refractivity contribution in [2.24, 2.45) is 10.5 Å². The number of nitrogens with zero attached hydrogens (tertiary/aromatic N) is 1. The van der Waals surface area contributed by atoms with Crippen molar-refractivity contribution in [1.29, 1.82) is 0 Å². The van der Waals surface area contributed by atoms with Gasteiger partial charge in [-0.15, -0.1) is 0 Å². The van der Waals surface area contributed by atoms with Crippen molar-refractivity contribution in [2.75, 3.05) is 10.7 Å². The smallest absolute Gasteiger partial charge is 0.205 e. The van der Waals surface area contributed by atoms with Crippen LogP contribution in [-0.4, -0.2) is 11.6 Å². The molecule has 4 nitrogen and oxygen atoms in total. The van der Waals surface area contributed by atoms with Crippen molar-refractivity contribution in [3.8, 4) is 0 Å². The van der Waals surface area contributed by atoms with Crippen LogP contribution in [0, 0.1) is 11.2 Å². The molecule has 0 aliphatic heterocycles. The lowest BCUT2D eigenvalue weighted by Gasteiger charge is -2.19. The zero-order chi connectivity index (χ0) is 17.7. The summed E-state index contributed by atoms with van der Waals surface area (Å²) in [6.07, 6.45) is 0.